The van der Waals surface area contributed by atoms with Crippen LogP contribution in [0.4, 0.5) is 13.2 Å². The van der Waals surface area contributed by atoms with Gasteiger partial charge >= 0.3 is 6.18 Å². The Balaban J connectivity index is 2.01. The van der Waals surface area contributed by atoms with Gasteiger partial charge in [0, 0.05) is 5.56 Å². The zero-order chi connectivity index (χ0) is 16.6. The molecule has 3 aromatic carbocycles. The largest absolute Gasteiger partial charge is 0.507 e. The Bertz CT molecular complexity index is 881. The SMILES string of the molecule is O=C(c1ccc(C(F)(F)F)cc1)c1cc2ccccc2cc1O. The molecule has 2 nitrogen and oxygen atoms in total. The number of benzene rings is 3. The summed E-state index contributed by atoms with van der Waals surface area (Å²) < 4.78 is 37.7. The van der Waals surface area contributed by atoms with E-state index in [0.717, 1.165) is 35.0 Å². The van der Waals surface area contributed by atoms with Crippen LogP contribution in [-0.2, 0) is 6.18 Å². The number of halogens is 3. The van der Waals surface area contributed by atoms with Crippen LogP contribution < -0.4 is 0 Å². The molecule has 0 spiro atoms. The third-order valence-corrected chi connectivity index (χ3v) is 3.58. The Morgan fingerprint density at radius 3 is 2.00 bits per heavy atom. The molecule has 0 fully saturated rings. The van der Waals surface area contributed by atoms with Crippen molar-refractivity contribution < 1.29 is 23.1 Å². The van der Waals surface area contributed by atoms with Crippen molar-refractivity contribution in [1.82, 2.24) is 0 Å². The molecular weight excluding hydrogens is 305 g/mol. The van der Waals surface area contributed by atoms with Crippen molar-refractivity contribution in [2.45, 2.75) is 6.18 Å². The van der Waals surface area contributed by atoms with Crippen LogP contribution >= 0.6 is 0 Å². The topological polar surface area (TPSA) is 37.3 Å². The predicted octanol–water partition coefficient (Wildman–Crippen LogP) is 4.80. The van der Waals surface area contributed by atoms with E-state index in [1.807, 2.05) is 0 Å². The fourth-order valence-electron chi connectivity index (χ4n) is 2.38. The molecule has 0 aliphatic heterocycles. The lowest BCUT2D eigenvalue weighted by molar-refractivity contribution is -0.137. The molecule has 0 unspecified atom stereocenters. The first-order valence-electron chi connectivity index (χ1n) is 6.80. The summed E-state index contributed by atoms with van der Waals surface area (Å²) in [6.07, 6.45) is -4.45. The van der Waals surface area contributed by atoms with Gasteiger partial charge in [0.1, 0.15) is 5.75 Å². The number of hydrogen-bond donors (Lipinski definition) is 1. The molecule has 5 heteroatoms. The van der Waals surface area contributed by atoms with E-state index >= 15 is 0 Å². The van der Waals surface area contributed by atoms with E-state index in [0.29, 0.717) is 0 Å². The second kappa shape index (κ2) is 5.43. The van der Waals surface area contributed by atoms with Crippen LogP contribution in [0.5, 0.6) is 5.75 Å². The molecule has 0 aliphatic rings. The van der Waals surface area contributed by atoms with E-state index < -0.39 is 17.5 Å². The maximum absolute atomic E-state index is 12.6. The van der Waals surface area contributed by atoms with Gasteiger partial charge in [-0.3, -0.25) is 4.79 Å². The number of hydrogen-bond acceptors (Lipinski definition) is 2. The van der Waals surface area contributed by atoms with E-state index in [1.165, 1.54) is 12.1 Å². The first kappa shape index (κ1) is 15.1. The van der Waals surface area contributed by atoms with Crippen molar-refractivity contribution in [2.24, 2.45) is 0 Å². The zero-order valence-corrected chi connectivity index (χ0v) is 11.8. The number of rotatable bonds is 2. The van der Waals surface area contributed by atoms with Crippen molar-refractivity contribution in [3.63, 3.8) is 0 Å². The standard InChI is InChI=1S/C18H11F3O2/c19-18(20,21)14-7-5-11(6-8-14)17(23)15-9-12-3-1-2-4-13(12)10-16(15)22/h1-10,22H. The van der Waals surface area contributed by atoms with E-state index in [1.54, 1.807) is 24.3 Å². The zero-order valence-electron chi connectivity index (χ0n) is 11.8. The summed E-state index contributed by atoms with van der Waals surface area (Å²) in [5, 5.41) is 11.6. The molecule has 3 aromatic rings. The lowest BCUT2D eigenvalue weighted by atomic mass is 9.98. The molecule has 0 saturated heterocycles. The van der Waals surface area contributed by atoms with Crippen LogP contribution in [0.2, 0.25) is 0 Å². The second-order valence-electron chi connectivity index (χ2n) is 5.12. The van der Waals surface area contributed by atoms with Crippen LogP contribution in [0, 0.1) is 0 Å². The minimum Gasteiger partial charge on any atom is -0.507 e. The fourth-order valence-corrected chi connectivity index (χ4v) is 2.38. The number of fused-ring (bicyclic) bond motifs is 1. The van der Waals surface area contributed by atoms with Crippen LogP contribution in [0.3, 0.4) is 0 Å². The number of phenols is 1. The van der Waals surface area contributed by atoms with Crippen LogP contribution in [0.15, 0.2) is 60.7 Å². The number of phenolic OH excluding ortho intramolecular Hbond substituents is 1. The number of carbonyl (C=O) groups excluding carboxylic acids is 1. The van der Waals surface area contributed by atoms with Gasteiger partial charge in [-0.05, 0) is 35.0 Å². The first-order chi connectivity index (χ1) is 10.9. The normalized spacial score (nSPS) is 11.6. The van der Waals surface area contributed by atoms with Gasteiger partial charge in [-0.2, -0.15) is 13.2 Å². The molecule has 0 atom stereocenters. The molecule has 116 valence electrons. The maximum Gasteiger partial charge on any atom is 0.416 e. The highest BCUT2D eigenvalue weighted by molar-refractivity contribution is 6.12. The first-order valence-corrected chi connectivity index (χ1v) is 6.80. The van der Waals surface area contributed by atoms with Crippen LogP contribution in [0.1, 0.15) is 21.5 Å². The van der Waals surface area contributed by atoms with Crippen LogP contribution in [0.25, 0.3) is 10.8 Å². The molecule has 0 aromatic heterocycles. The van der Waals surface area contributed by atoms with E-state index in [2.05, 4.69) is 0 Å². The summed E-state index contributed by atoms with van der Waals surface area (Å²) in [4.78, 5) is 12.4. The molecule has 23 heavy (non-hydrogen) atoms. The van der Waals surface area contributed by atoms with Gasteiger partial charge in [0.2, 0.25) is 0 Å². The van der Waals surface area contributed by atoms with E-state index in [-0.39, 0.29) is 16.9 Å². The van der Waals surface area contributed by atoms with Gasteiger partial charge in [-0.15, -0.1) is 0 Å². The summed E-state index contributed by atoms with van der Waals surface area (Å²) in [5.74, 6) is -0.726. The molecule has 1 N–H and O–H groups in total. The van der Waals surface area contributed by atoms with Gasteiger partial charge in [0.15, 0.2) is 5.78 Å². The van der Waals surface area contributed by atoms with E-state index in [4.69, 9.17) is 0 Å². The maximum atomic E-state index is 12.6. The highest BCUT2D eigenvalue weighted by Crippen LogP contribution is 2.31. The minimum atomic E-state index is -4.45. The summed E-state index contributed by atoms with van der Waals surface area (Å²) in [6, 6.07) is 14.1. The van der Waals surface area contributed by atoms with Crippen molar-refractivity contribution >= 4 is 16.6 Å². The molecule has 0 bridgehead atoms. The Labute approximate surface area is 129 Å². The quantitative estimate of drug-likeness (QED) is 0.690. The number of ketones is 1. The Morgan fingerprint density at radius 1 is 0.870 bits per heavy atom. The number of carbonyl (C=O) groups is 1. The van der Waals surface area contributed by atoms with Gasteiger partial charge in [-0.1, -0.05) is 36.4 Å². The third-order valence-electron chi connectivity index (χ3n) is 3.58. The molecule has 3 rings (SSSR count). The van der Waals surface area contributed by atoms with Gasteiger partial charge in [0.25, 0.3) is 0 Å². The summed E-state index contributed by atoms with van der Waals surface area (Å²) in [6.45, 7) is 0. The molecule has 0 aliphatic carbocycles. The molecule has 0 amide bonds. The van der Waals surface area contributed by atoms with Gasteiger partial charge < -0.3 is 5.11 Å². The van der Waals surface area contributed by atoms with E-state index in [9.17, 15) is 23.1 Å². The Hall–Kier alpha value is -2.82. The van der Waals surface area contributed by atoms with Crippen molar-refractivity contribution in [3.8, 4) is 5.75 Å². The lowest BCUT2D eigenvalue weighted by Crippen LogP contribution is -2.06. The van der Waals surface area contributed by atoms with Crippen molar-refractivity contribution in [3.05, 3.63) is 77.4 Å². The smallest absolute Gasteiger partial charge is 0.416 e. The van der Waals surface area contributed by atoms with Crippen LogP contribution in [-0.4, -0.2) is 10.9 Å². The number of alkyl halides is 3. The molecule has 0 heterocycles. The number of aromatic hydroxyl groups is 1. The average molecular weight is 316 g/mol. The van der Waals surface area contributed by atoms with Crippen molar-refractivity contribution in [1.29, 1.82) is 0 Å². The molecule has 0 radical (unpaired) electrons. The van der Waals surface area contributed by atoms with Gasteiger partial charge in [-0.25, -0.2) is 0 Å². The lowest BCUT2D eigenvalue weighted by Gasteiger charge is -2.09. The summed E-state index contributed by atoms with van der Waals surface area (Å²) in [7, 11) is 0. The summed E-state index contributed by atoms with van der Waals surface area (Å²) >= 11 is 0. The third kappa shape index (κ3) is 2.90. The van der Waals surface area contributed by atoms with Crippen molar-refractivity contribution in [2.75, 3.05) is 0 Å². The average Bonchev–Trinajstić information content (AvgIpc) is 2.53. The fraction of sp³-hybridized carbons (Fsp3) is 0.0556. The summed E-state index contributed by atoms with van der Waals surface area (Å²) in [5.41, 5.74) is -0.677. The second-order valence-corrected chi connectivity index (χ2v) is 5.12. The molecule has 0 saturated carbocycles. The molecular formula is C18H11F3O2. The van der Waals surface area contributed by atoms with Gasteiger partial charge in [0.05, 0.1) is 11.1 Å². The Morgan fingerprint density at radius 2 is 1.43 bits per heavy atom. The highest BCUT2D eigenvalue weighted by atomic mass is 19.4. The Kier molecular flexibility index (Phi) is 3.56. The minimum absolute atomic E-state index is 0.0588. The highest BCUT2D eigenvalue weighted by Gasteiger charge is 2.30. The predicted molar refractivity (Wildman–Crippen MR) is 80.5 cm³/mol. The monoisotopic (exact) mass is 316 g/mol.